The number of halogens is 1. The van der Waals surface area contributed by atoms with Crippen LogP contribution in [0.2, 0.25) is 0 Å². The van der Waals surface area contributed by atoms with Gasteiger partial charge in [0, 0.05) is 10.5 Å². The second-order valence-corrected chi connectivity index (χ2v) is 7.47. The second-order valence-electron chi connectivity index (χ2n) is 6.55. The maximum Gasteiger partial charge on any atom is 0.0175 e. The number of rotatable bonds is 5. The van der Waals surface area contributed by atoms with Crippen LogP contribution in [0.15, 0.2) is 28.7 Å². The van der Waals surface area contributed by atoms with Gasteiger partial charge in [-0.05, 0) is 55.3 Å². The lowest BCUT2D eigenvalue weighted by atomic mass is 9.83. The molecule has 1 fully saturated rings. The van der Waals surface area contributed by atoms with Gasteiger partial charge in [0.2, 0.25) is 0 Å². The van der Waals surface area contributed by atoms with Gasteiger partial charge in [0.25, 0.3) is 0 Å². The molecule has 0 aliphatic heterocycles. The van der Waals surface area contributed by atoms with E-state index < -0.39 is 0 Å². The van der Waals surface area contributed by atoms with Gasteiger partial charge < -0.3 is 5.32 Å². The highest BCUT2D eigenvalue weighted by molar-refractivity contribution is 9.10. The molecule has 1 aromatic rings. The lowest BCUT2D eigenvalue weighted by Crippen LogP contribution is -2.33. The van der Waals surface area contributed by atoms with E-state index in [0.717, 1.165) is 11.8 Å². The summed E-state index contributed by atoms with van der Waals surface area (Å²) in [5.74, 6) is 1.70. The molecule has 0 bridgehead atoms. The first-order valence-electron chi connectivity index (χ1n) is 8.13. The highest BCUT2D eigenvalue weighted by Gasteiger charge is 2.23. The van der Waals surface area contributed by atoms with Crippen LogP contribution < -0.4 is 5.32 Å². The van der Waals surface area contributed by atoms with Gasteiger partial charge in [-0.15, -0.1) is 0 Å². The van der Waals surface area contributed by atoms with E-state index in [1.54, 1.807) is 0 Å². The van der Waals surface area contributed by atoms with Gasteiger partial charge >= 0.3 is 0 Å². The van der Waals surface area contributed by atoms with Gasteiger partial charge in [0.15, 0.2) is 0 Å². The van der Waals surface area contributed by atoms with Crippen molar-refractivity contribution in [3.63, 3.8) is 0 Å². The molecule has 2 heteroatoms. The molecule has 112 valence electrons. The van der Waals surface area contributed by atoms with E-state index in [4.69, 9.17) is 0 Å². The third kappa shape index (κ3) is 5.21. The number of hydrogen-bond donors (Lipinski definition) is 1. The number of nitrogens with one attached hydrogen (secondary N) is 1. The summed E-state index contributed by atoms with van der Waals surface area (Å²) in [6.07, 6.45) is 8.31. The van der Waals surface area contributed by atoms with Crippen LogP contribution in [0.5, 0.6) is 0 Å². The van der Waals surface area contributed by atoms with E-state index in [0.29, 0.717) is 6.04 Å². The first-order valence-corrected chi connectivity index (χ1v) is 8.92. The van der Waals surface area contributed by atoms with E-state index in [1.807, 2.05) is 0 Å². The summed E-state index contributed by atoms with van der Waals surface area (Å²) in [7, 11) is 0. The molecular weight excluding hydrogens is 310 g/mol. The summed E-state index contributed by atoms with van der Waals surface area (Å²) in [4.78, 5) is 0. The van der Waals surface area contributed by atoms with Crippen molar-refractivity contribution < 1.29 is 0 Å². The van der Waals surface area contributed by atoms with Gasteiger partial charge in [-0.1, -0.05) is 61.2 Å². The molecule has 20 heavy (non-hydrogen) atoms. The zero-order valence-corrected chi connectivity index (χ0v) is 14.5. The van der Waals surface area contributed by atoms with E-state index in [-0.39, 0.29) is 0 Å². The minimum atomic E-state index is 0.603. The maximum absolute atomic E-state index is 3.66. The van der Waals surface area contributed by atoms with Gasteiger partial charge in [0.05, 0.1) is 0 Å². The molecule has 2 rings (SSSR count). The van der Waals surface area contributed by atoms with Crippen LogP contribution in [-0.2, 0) is 6.42 Å². The van der Waals surface area contributed by atoms with Gasteiger partial charge in [-0.2, -0.15) is 0 Å². The van der Waals surface area contributed by atoms with Crippen LogP contribution in [0, 0.1) is 11.8 Å². The molecule has 2 atom stereocenters. The fourth-order valence-electron chi connectivity index (χ4n) is 3.31. The van der Waals surface area contributed by atoms with Gasteiger partial charge in [-0.3, -0.25) is 0 Å². The van der Waals surface area contributed by atoms with Crippen molar-refractivity contribution in [3.8, 4) is 0 Å². The molecule has 0 radical (unpaired) electrons. The summed E-state index contributed by atoms with van der Waals surface area (Å²) in [5, 5.41) is 3.66. The molecule has 0 aromatic heterocycles. The number of hydrogen-bond acceptors (Lipinski definition) is 1. The van der Waals surface area contributed by atoms with Crippen molar-refractivity contribution in [1.29, 1.82) is 0 Å². The molecule has 0 spiro atoms. The maximum atomic E-state index is 3.66. The average molecular weight is 338 g/mol. The second kappa shape index (κ2) is 8.19. The van der Waals surface area contributed by atoms with Crippen LogP contribution in [0.1, 0.15) is 51.5 Å². The van der Waals surface area contributed by atoms with Crippen LogP contribution in [0.3, 0.4) is 0 Å². The molecule has 0 amide bonds. The van der Waals surface area contributed by atoms with Crippen LogP contribution >= 0.6 is 15.9 Å². The zero-order chi connectivity index (χ0) is 14.4. The minimum absolute atomic E-state index is 0.603. The molecular formula is C18H28BrN. The highest BCUT2D eigenvalue weighted by atomic mass is 79.9. The van der Waals surface area contributed by atoms with Crippen molar-refractivity contribution in [3.05, 3.63) is 34.3 Å². The largest absolute Gasteiger partial charge is 0.314 e. The van der Waals surface area contributed by atoms with E-state index in [1.165, 1.54) is 55.1 Å². The Balaban J connectivity index is 1.98. The summed E-state index contributed by atoms with van der Waals surface area (Å²) in [5.41, 5.74) is 1.50. The third-order valence-corrected chi connectivity index (χ3v) is 5.04. The Morgan fingerprint density at radius 3 is 2.35 bits per heavy atom. The van der Waals surface area contributed by atoms with Crippen molar-refractivity contribution in [2.24, 2.45) is 11.8 Å². The summed E-state index contributed by atoms with van der Waals surface area (Å²) >= 11 is 3.53. The number of benzene rings is 1. The molecule has 1 nitrogen and oxygen atoms in total. The summed E-state index contributed by atoms with van der Waals surface area (Å²) in [6.45, 7) is 5.69. The topological polar surface area (TPSA) is 12.0 Å². The Morgan fingerprint density at radius 2 is 1.70 bits per heavy atom. The predicted octanol–water partition coefficient (Wildman–Crippen LogP) is 5.19. The Hall–Kier alpha value is -0.340. The quantitative estimate of drug-likeness (QED) is 0.729. The fourth-order valence-corrected chi connectivity index (χ4v) is 3.57. The fraction of sp³-hybridized carbons (Fsp3) is 0.667. The summed E-state index contributed by atoms with van der Waals surface area (Å²) < 4.78 is 1.18. The van der Waals surface area contributed by atoms with Crippen molar-refractivity contribution in [2.45, 2.75) is 58.4 Å². The monoisotopic (exact) mass is 337 g/mol. The van der Waals surface area contributed by atoms with E-state index >= 15 is 0 Å². The normalized spacial score (nSPS) is 23.8. The highest BCUT2D eigenvalue weighted by Crippen LogP contribution is 2.31. The Bertz CT molecular complexity index is 385. The first kappa shape index (κ1) is 16.0. The van der Waals surface area contributed by atoms with E-state index in [2.05, 4.69) is 59.4 Å². The lowest BCUT2D eigenvalue weighted by molar-refractivity contribution is 0.291. The van der Waals surface area contributed by atoms with Gasteiger partial charge in [0.1, 0.15) is 0 Å². The molecule has 1 N–H and O–H groups in total. The Kier molecular flexibility index (Phi) is 6.57. The van der Waals surface area contributed by atoms with Crippen molar-refractivity contribution >= 4 is 15.9 Å². The smallest absolute Gasteiger partial charge is 0.0175 e. The third-order valence-electron chi connectivity index (χ3n) is 4.52. The molecule has 1 aliphatic carbocycles. The average Bonchev–Trinajstić information content (AvgIpc) is 2.64. The Morgan fingerprint density at radius 1 is 1.05 bits per heavy atom. The molecule has 1 saturated carbocycles. The van der Waals surface area contributed by atoms with Crippen molar-refractivity contribution in [2.75, 3.05) is 6.54 Å². The van der Waals surface area contributed by atoms with Gasteiger partial charge in [-0.25, -0.2) is 0 Å². The summed E-state index contributed by atoms with van der Waals surface area (Å²) in [6, 6.07) is 9.51. The standard InChI is InChI=1S/C18H28BrN/c1-14(2)20-13-17-7-5-3-4-6-16(17)12-15-8-10-18(19)11-9-15/h8-11,14,16-17,20H,3-7,12-13H2,1-2H3. The van der Waals surface area contributed by atoms with Crippen LogP contribution in [-0.4, -0.2) is 12.6 Å². The van der Waals surface area contributed by atoms with E-state index in [9.17, 15) is 0 Å². The minimum Gasteiger partial charge on any atom is -0.314 e. The molecule has 2 unspecified atom stereocenters. The molecule has 0 saturated heterocycles. The first-order chi connectivity index (χ1) is 9.65. The Labute approximate surface area is 132 Å². The van der Waals surface area contributed by atoms with Crippen molar-refractivity contribution in [1.82, 2.24) is 5.32 Å². The SMILES string of the molecule is CC(C)NCC1CCCCCC1Cc1ccc(Br)cc1. The molecule has 0 heterocycles. The predicted molar refractivity (Wildman–Crippen MR) is 91.0 cm³/mol. The molecule has 1 aliphatic rings. The zero-order valence-electron chi connectivity index (χ0n) is 12.9. The van der Waals surface area contributed by atoms with Crippen LogP contribution in [0.4, 0.5) is 0 Å². The van der Waals surface area contributed by atoms with Crippen LogP contribution in [0.25, 0.3) is 0 Å². The lowest BCUT2D eigenvalue weighted by Gasteiger charge is -2.26. The molecule has 1 aromatic carbocycles.